The number of nitrogens with one attached hydrogen (secondary N) is 1. The molecule has 0 unspecified atom stereocenters. The van der Waals surface area contributed by atoms with Crippen molar-refractivity contribution < 1.29 is 4.52 Å². The minimum Gasteiger partial charge on any atom is -0.370 e. The Morgan fingerprint density at radius 3 is 2.86 bits per heavy atom. The third kappa shape index (κ3) is 3.88. The fourth-order valence-corrected chi connectivity index (χ4v) is 0.842. The molecule has 1 aromatic heterocycles. The van der Waals surface area contributed by atoms with Crippen molar-refractivity contribution in [1.82, 2.24) is 15.5 Å². The molecule has 0 aliphatic heterocycles. The Balaban J connectivity index is 2.45. The Labute approximate surface area is 82.6 Å². The summed E-state index contributed by atoms with van der Waals surface area (Å²) >= 11 is 0. The smallest absolute Gasteiger partial charge is 0.213 e. The largest absolute Gasteiger partial charge is 0.370 e. The molecule has 0 bridgehead atoms. The van der Waals surface area contributed by atoms with E-state index in [9.17, 15) is 0 Å². The van der Waals surface area contributed by atoms with Gasteiger partial charge in [0, 0.05) is 5.54 Å². The minimum atomic E-state index is -0.0924. The SMILES string of the molecule is CC(C)(C)NC(N)=NCc1ncon1. The molecular formula is C8H15N5O. The zero-order chi connectivity index (χ0) is 10.6. The Bertz CT molecular complexity index is 298. The van der Waals surface area contributed by atoms with Gasteiger partial charge in [0.1, 0.15) is 6.54 Å². The normalized spacial score (nSPS) is 12.9. The van der Waals surface area contributed by atoms with E-state index in [1.54, 1.807) is 0 Å². The molecule has 0 spiro atoms. The molecule has 0 amide bonds. The molecule has 0 aliphatic carbocycles. The summed E-state index contributed by atoms with van der Waals surface area (Å²) in [4.78, 5) is 7.87. The molecule has 1 rings (SSSR count). The second-order valence-electron chi connectivity index (χ2n) is 3.92. The standard InChI is InChI=1S/C8H15N5O/c1-8(2,3)12-7(9)10-4-6-11-5-14-13-6/h5H,4H2,1-3H3,(H3,9,10,12). The van der Waals surface area contributed by atoms with Crippen molar-refractivity contribution in [1.29, 1.82) is 0 Å². The number of rotatable bonds is 2. The lowest BCUT2D eigenvalue weighted by molar-refractivity contribution is 0.410. The fraction of sp³-hybridized carbons (Fsp3) is 0.625. The van der Waals surface area contributed by atoms with Crippen LogP contribution in [-0.2, 0) is 6.54 Å². The number of aliphatic imine (C=N–C) groups is 1. The summed E-state index contributed by atoms with van der Waals surface area (Å²) in [5, 5.41) is 6.63. The Hall–Kier alpha value is -1.59. The highest BCUT2D eigenvalue weighted by atomic mass is 16.5. The van der Waals surface area contributed by atoms with E-state index in [0.29, 0.717) is 18.3 Å². The molecule has 0 saturated carbocycles. The quantitative estimate of drug-likeness (QED) is 0.524. The van der Waals surface area contributed by atoms with Gasteiger partial charge in [0.05, 0.1) is 0 Å². The average molecular weight is 197 g/mol. The van der Waals surface area contributed by atoms with Gasteiger partial charge in [-0.25, -0.2) is 4.99 Å². The van der Waals surface area contributed by atoms with Crippen molar-refractivity contribution in [3.8, 4) is 0 Å². The van der Waals surface area contributed by atoms with E-state index in [2.05, 4.69) is 25.0 Å². The summed E-state index contributed by atoms with van der Waals surface area (Å²) in [6, 6.07) is 0. The lowest BCUT2D eigenvalue weighted by atomic mass is 10.1. The monoisotopic (exact) mass is 197 g/mol. The van der Waals surface area contributed by atoms with Crippen LogP contribution in [0, 0.1) is 0 Å². The summed E-state index contributed by atoms with van der Waals surface area (Å²) in [5.74, 6) is 0.894. The molecule has 0 atom stereocenters. The van der Waals surface area contributed by atoms with Gasteiger partial charge in [-0.05, 0) is 20.8 Å². The van der Waals surface area contributed by atoms with Crippen LogP contribution in [0.25, 0.3) is 0 Å². The number of aromatic nitrogens is 2. The summed E-state index contributed by atoms with van der Waals surface area (Å²) in [6.45, 7) is 6.34. The highest BCUT2D eigenvalue weighted by Gasteiger charge is 2.09. The van der Waals surface area contributed by atoms with Crippen LogP contribution in [0.2, 0.25) is 0 Å². The molecule has 78 valence electrons. The van der Waals surface area contributed by atoms with Crippen molar-refractivity contribution in [2.75, 3.05) is 0 Å². The molecule has 6 nitrogen and oxygen atoms in total. The van der Waals surface area contributed by atoms with Gasteiger partial charge in [0.15, 0.2) is 11.8 Å². The van der Waals surface area contributed by atoms with E-state index < -0.39 is 0 Å². The number of nitrogens with two attached hydrogens (primary N) is 1. The first kappa shape index (κ1) is 10.5. The van der Waals surface area contributed by atoms with E-state index in [0.717, 1.165) is 0 Å². The van der Waals surface area contributed by atoms with Gasteiger partial charge < -0.3 is 15.6 Å². The summed E-state index contributed by atoms with van der Waals surface area (Å²) in [5.41, 5.74) is 5.54. The van der Waals surface area contributed by atoms with E-state index in [4.69, 9.17) is 5.73 Å². The Morgan fingerprint density at radius 1 is 1.64 bits per heavy atom. The van der Waals surface area contributed by atoms with E-state index in [-0.39, 0.29) is 5.54 Å². The second kappa shape index (κ2) is 4.08. The average Bonchev–Trinajstić information content (AvgIpc) is 2.49. The molecule has 1 heterocycles. The first-order chi connectivity index (χ1) is 6.47. The van der Waals surface area contributed by atoms with Gasteiger partial charge in [-0.15, -0.1) is 0 Å². The van der Waals surface area contributed by atoms with E-state index in [1.165, 1.54) is 6.39 Å². The van der Waals surface area contributed by atoms with Crippen LogP contribution in [0.5, 0.6) is 0 Å². The lowest BCUT2D eigenvalue weighted by Gasteiger charge is -2.20. The van der Waals surface area contributed by atoms with Crippen LogP contribution in [0.3, 0.4) is 0 Å². The molecule has 14 heavy (non-hydrogen) atoms. The van der Waals surface area contributed by atoms with Crippen molar-refractivity contribution in [3.63, 3.8) is 0 Å². The molecule has 0 fully saturated rings. The highest BCUT2D eigenvalue weighted by molar-refractivity contribution is 5.78. The van der Waals surface area contributed by atoms with Gasteiger partial charge in [-0.3, -0.25) is 0 Å². The van der Waals surface area contributed by atoms with Crippen molar-refractivity contribution in [2.45, 2.75) is 32.9 Å². The van der Waals surface area contributed by atoms with E-state index in [1.807, 2.05) is 20.8 Å². The summed E-state index contributed by atoms with van der Waals surface area (Å²) in [7, 11) is 0. The van der Waals surface area contributed by atoms with Crippen LogP contribution in [-0.4, -0.2) is 21.6 Å². The topological polar surface area (TPSA) is 89.3 Å². The molecule has 0 aliphatic rings. The molecule has 0 saturated heterocycles. The van der Waals surface area contributed by atoms with Crippen LogP contribution < -0.4 is 11.1 Å². The summed E-state index contributed by atoms with van der Waals surface area (Å²) in [6.07, 6.45) is 1.26. The van der Waals surface area contributed by atoms with Gasteiger partial charge in [0.25, 0.3) is 0 Å². The number of hydrogen-bond donors (Lipinski definition) is 2. The van der Waals surface area contributed by atoms with Crippen LogP contribution in [0.15, 0.2) is 15.9 Å². The highest BCUT2D eigenvalue weighted by Crippen LogP contribution is 1.97. The van der Waals surface area contributed by atoms with Gasteiger partial charge in [0.2, 0.25) is 6.39 Å². The Kier molecular flexibility index (Phi) is 3.06. The van der Waals surface area contributed by atoms with E-state index >= 15 is 0 Å². The minimum absolute atomic E-state index is 0.0924. The third-order valence-corrected chi connectivity index (χ3v) is 1.30. The van der Waals surface area contributed by atoms with Crippen LogP contribution in [0.4, 0.5) is 0 Å². The van der Waals surface area contributed by atoms with Gasteiger partial charge >= 0.3 is 0 Å². The number of nitrogens with zero attached hydrogens (tertiary/aromatic N) is 3. The Morgan fingerprint density at radius 2 is 2.36 bits per heavy atom. The van der Waals surface area contributed by atoms with Gasteiger partial charge in [-0.2, -0.15) is 4.98 Å². The lowest BCUT2D eigenvalue weighted by Crippen LogP contribution is -2.45. The molecular weight excluding hydrogens is 182 g/mol. The number of guanidine groups is 1. The van der Waals surface area contributed by atoms with Crippen LogP contribution in [0.1, 0.15) is 26.6 Å². The molecule has 0 radical (unpaired) electrons. The van der Waals surface area contributed by atoms with Crippen LogP contribution >= 0.6 is 0 Å². The van der Waals surface area contributed by atoms with Crippen molar-refractivity contribution in [2.24, 2.45) is 10.7 Å². The fourth-order valence-electron chi connectivity index (χ4n) is 0.842. The molecule has 0 aromatic carbocycles. The molecule has 1 aromatic rings. The predicted octanol–water partition coefficient (Wildman–Crippen LogP) is 0.272. The van der Waals surface area contributed by atoms with Crippen molar-refractivity contribution >= 4 is 5.96 Å². The zero-order valence-corrected chi connectivity index (χ0v) is 8.61. The maximum Gasteiger partial charge on any atom is 0.213 e. The first-order valence-electron chi connectivity index (χ1n) is 4.31. The van der Waals surface area contributed by atoms with Gasteiger partial charge in [-0.1, -0.05) is 5.16 Å². The maximum atomic E-state index is 5.63. The number of hydrogen-bond acceptors (Lipinski definition) is 4. The summed E-state index contributed by atoms with van der Waals surface area (Å²) < 4.78 is 4.56. The molecule has 3 N–H and O–H groups in total. The first-order valence-corrected chi connectivity index (χ1v) is 4.31. The maximum absolute atomic E-state index is 5.63. The molecule has 6 heteroatoms. The van der Waals surface area contributed by atoms with Crippen molar-refractivity contribution in [3.05, 3.63) is 12.2 Å². The predicted molar refractivity (Wildman–Crippen MR) is 52.5 cm³/mol. The third-order valence-electron chi connectivity index (χ3n) is 1.30. The zero-order valence-electron chi connectivity index (χ0n) is 8.61. The second-order valence-corrected chi connectivity index (χ2v) is 3.92.